The Morgan fingerprint density at radius 3 is 1.83 bits per heavy atom. The van der Waals surface area contributed by atoms with Gasteiger partial charge in [0.1, 0.15) is 0 Å². The molecule has 0 aliphatic carbocycles. The molecule has 0 spiro atoms. The molecule has 0 aliphatic rings. The zero-order chi connectivity index (χ0) is 12.7. The van der Waals surface area contributed by atoms with Crippen LogP contribution in [0.3, 0.4) is 0 Å². The summed E-state index contributed by atoms with van der Waals surface area (Å²) in [6.45, 7) is 13.6. The minimum atomic E-state index is 0. The molecular formula is C15H27LiN2+2. The van der Waals surface area contributed by atoms with Gasteiger partial charge in [0.15, 0.2) is 6.17 Å². The largest absolute Gasteiger partial charge is 1.00 e. The van der Waals surface area contributed by atoms with Gasteiger partial charge in [-0.3, -0.25) is 4.90 Å². The van der Waals surface area contributed by atoms with Crippen LogP contribution in [0.1, 0.15) is 39.4 Å². The predicted molar refractivity (Wildman–Crippen MR) is 74.1 cm³/mol. The molecule has 3 heteroatoms. The van der Waals surface area contributed by atoms with Gasteiger partial charge in [0.05, 0.1) is 13.1 Å². The van der Waals surface area contributed by atoms with Crippen molar-refractivity contribution < 1.29 is 23.8 Å². The van der Waals surface area contributed by atoms with Gasteiger partial charge in [0.2, 0.25) is 0 Å². The molecular weight excluding hydrogens is 215 g/mol. The van der Waals surface area contributed by atoms with Crippen molar-refractivity contribution in [3.8, 4) is 0 Å². The van der Waals surface area contributed by atoms with Crippen LogP contribution in [0.25, 0.3) is 0 Å². The van der Waals surface area contributed by atoms with Crippen molar-refractivity contribution in [1.82, 2.24) is 4.90 Å². The van der Waals surface area contributed by atoms with Crippen LogP contribution in [-0.4, -0.2) is 31.1 Å². The maximum atomic E-state index is 2.55. The quantitative estimate of drug-likeness (QED) is 0.474. The standard InChI is InChI=1S/C15H26N2.Li/c1-5-16(6-2)15(17(7-3)8-4)14-12-10-9-11-13-14;/h9-13,15H,5-8H2,1-4H3;/q;+1/p+1. The van der Waals surface area contributed by atoms with Gasteiger partial charge in [-0.2, -0.15) is 0 Å². The van der Waals surface area contributed by atoms with E-state index in [0.29, 0.717) is 6.17 Å². The van der Waals surface area contributed by atoms with E-state index in [1.54, 1.807) is 4.90 Å². The fraction of sp³-hybridized carbons (Fsp3) is 0.600. The molecule has 1 aromatic carbocycles. The van der Waals surface area contributed by atoms with Gasteiger partial charge in [-0.25, -0.2) is 0 Å². The van der Waals surface area contributed by atoms with Crippen LogP contribution >= 0.6 is 0 Å². The van der Waals surface area contributed by atoms with Crippen LogP contribution in [0.4, 0.5) is 0 Å². The Balaban J connectivity index is 0.00000289. The van der Waals surface area contributed by atoms with Gasteiger partial charge < -0.3 is 4.90 Å². The Labute approximate surface area is 125 Å². The average Bonchev–Trinajstić information content (AvgIpc) is 2.40. The Morgan fingerprint density at radius 1 is 0.944 bits per heavy atom. The van der Waals surface area contributed by atoms with Crippen LogP contribution < -0.4 is 23.8 Å². The maximum absolute atomic E-state index is 2.55. The molecule has 0 aromatic heterocycles. The van der Waals surface area contributed by atoms with Crippen molar-refractivity contribution in [2.45, 2.75) is 33.9 Å². The minimum Gasteiger partial charge on any atom is -0.316 e. The predicted octanol–water partition coefficient (Wildman–Crippen LogP) is -1.04. The van der Waals surface area contributed by atoms with Crippen molar-refractivity contribution in [3.63, 3.8) is 0 Å². The molecule has 0 radical (unpaired) electrons. The van der Waals surface area contributed by atoms with Crippen molar-refractivity contribution >= 4 is 0 Å². The van der Waals surface area contributed by atoms with Crippen LogP contribution in [0.5, 0.6) is 0 Å². The van der Waals surface area contributed by atoms with Gasteiger partial charge in [0, 0.05) is 18.7 Å². The first-order chi connectivity index (χ1) is 8.28. The molecule has 0 bridgehead atoms. The third-order valence-corrected chi connectivity index (χ3v) is 3.59. The molecule has 0 saturated heterocycles. The molecule has 2 nitrogen and oxygen atoms in total. The van der Waals surface area contributed by atoms with Gasteiger partial charge in [-0.15, -0.1) is 0 Å². The molecule has 1 rings (SSSR count). The minimum absolute atomic E-state index is 0. The van der Waals surface area contributed by atoms with E-state index >= 15 is 0 Å². The summed E-state index contributed by atoms with van der Waals surface area (Å²) in [5.41, 5.74) is 1.44. The van der Waals surface area contributed by atoms with Gasteiger partial charge in [-0.05, 0) is 13.8 Å². The smallest absolute Gasteiger partial charge is 0.316 e. The summed E-state index contributed by atoms with van der Waals surface area (Å²) >= 11 is 0. The molecule has 0 fully saturated rings. The molecule has 0 amide bonds. The fourth-order valence-electron chi connectivity index (χ4n) is 2.57. The van der Waals surface area contributed by atoms with E-state index in [2.05, 4.69) is 62.9 Å². The maximum Gasteiger partial charge on any atom is 1.00 e. The van der Waals surface area contributed by atoms with Gasteiger partial charge in [0.25, 0.3) is 0 Å². The zero-order valence-corrected chi connectivity index (χ0v) is 12.7. The number of quaternary nitrogens is 1. The molecule has 1 aromatic rings. The first kappa shape index (κ1) is 17.7. The fourth-order valence-corrected chi connectivity index (χ4v) is 2.57. The summed E-state index contributed by atoms with van der Waals surface area (Å²) in [4.78, 5) is 4.19. The zero-order valence-electron chi connectivity index (χ0n) is 12.7. The second-order valence-corrected chi connectivity index (χ2v) is 4.40. The Hall–Kier alpha value is -0.263. The second-order valence-electron chi connectivity index (χ2n) is 4.40. The number of nitrogens with one attached hydrogen (secondary N) is 1. The van der Waals surface area contributed by atoms with E-state index in [-0.39, 0.29) is 18.9 Å². The third kappa shape index (κ3) is 4.44. The van der Waals surface area contributed by atoms with Crippen LogP contribution in [0, 0.1) is 0 Å². The SMILES string of the molecule is CCN(CC)C(c1ccccc1)[NH+](CC)CC.[Li+]. The van der Waals surface area contributed by atoms with Crippen LogP contribution in [0.2, 0.25) is 0 Å². The van der Waals surface area contributed by atoms with Crippen molar-refractivity contribution in [3.05, 3.63) is 35.9 Å². The van der Waals surface area contributed by atoms with Gasteiger partial charge in [-0.1, -0.05) is 44.2 Å². The third-order valence-electron chi connectivity index (χ3n) is 3.59. The molecule has 1 unspecified atom stereocenters. The average molecular weight is 242 g/mol. The monoisotopic (exact) mass is 242 g/mol. The Kier molecular flexibility index (Phi) is 9.50. The van der Waals surface area contributed by atoms with Crippen LogP contribution in [0.15, 0.2) is 30.3 Å². The summed E-state index contributed by atoms with van der Waals surface area (Å²) in [5.74, 6) is 0. The number of nitrogens with zero attached hydrogens (tertiary/aromatic N) is 1. The first-order valence-corrected chi connectivity index (χ1v) is 6.91. The van der Waals surface area contributed by atoms with E-state index in [1.165, 1.54) is 18.7 Å². The van der Waals surface area contributed by atoms with Crippen molar-refractivity contribution in [1.29, 1.82) is 0 Å². The molecule has 96 valence electrons. The van der Waals surface area contributed by atoms with E-state index in [0.717, 1.165) is 13.1 Å². The molecule has 1 N–H and O–H groups in total. The van der Waals surface area contributed by atoms with Gasteiger partial charge >= 0.3 is 18.9 Å². The summed E-state index contributed by atoms with van der Waals surface area (Å²) in [6.07, 6.45) is 0.501. The van der Waals surface area contributed by atoms with Crippen molar-refractivity contribution in [2.75, 3.05) is 26.2 Å². The normalized spacial score (nSPS) is 12.6. The summed E-state index contributed by atoms with van der Waals surface area (Å²) in [7, 11) is 0. The summed E-state index contributed by atoms with van der Waals surface area (Å²) in [5, 5.41) is 0. The number of benzene rings is 1. The molecule has 0 heterocycles. The van der Waals surface area contributed by atoms with E-state index in [1.807, 2.05) is 0 Å². The molecule has 18 heavy (non-hydrogen) atoms. The Bertz CT molecular complexity index is 283. The van der Waals surface area contributed by atoms with E-state index in [4.69, 9.17) is 0 Å². The first-order valence-electron chi connectivity index (χ1n) is 6.91. The molecule has 0 saturated carbocycles. The molecule has 1 atom stereocenters. The summed E-state index contributed by atoms with van der Waals surface area (Å²) in [6, 6.07) is 10.9. The number of rotatable bonds is 7. The van der Waals surface area contributed by atoms with E-state index < -0.39 is 0 Å². The molecule has 0 aliphatic heterocycles. The van der Waals surface area contributed by atoms with E-state index in [9.17, 15) is 0 Å². The van der Waals surface area contributed by atoms with Crippen LogP contribution in [-0.2, 0) is 0 Å². The number of hydrogen-bond acceptors (Lipinski definition) is 1. The summed E-state index contributed by atoms with van der Waals surface area (Å²) < 4.78 is 0. The topological polar surface area (TPSA) is 7.68 Å². The number of hydrogen-bond donors (Lipinski definition) is 1. The van der Waals surface area contributed by atoms with Crippen molar-refractivity contribution in [2.24, 2.45) is 0 Å². The Morgan fingerprint density at radius 2 is 1.44 bits per heavy atom. The second kappa shape index (κ2) is 9.64.